The van der Waals surface area contributed by atoms with Crippen LogP contribution in [0.15, 0.2) is 0 Å². The predicted octanol–water partition coefficient (Wildman–Crippen LogP) is 1.62. The molecule has 0 aromatic carbocycles. The highest BCUT2D eigenvalue weighted by molar-refractivity contribution is 7.83. The van der Waals surface area contributed by atoms with E-state index in [4.69, 9.17) is 5.26 Å². The van der Waals surface area contributed by atoms with Gasteiger partial charge in [0.15, 0.2) is 0 Å². The van der Waals surface area contributed by atoms with Crippen LogP contribution in [-0.4, -0.2) is 128 Å². The third kappa shape index (κ3) is 50.7. The summed E-state index contributed by atoms with van der Waals surface area (Å²) in [6, 6.07) is 1.88. The third-order valence-corrected chi connectivity index (χ3v) is 3.29. The second kappa shape index (κ2) is 31.0. The Morgan fingerprint density at radius 3 is 1.41 bits per heavy atom. The first kappa shape index (κ1) is 44.0. The van der Waals surface area contributed by atoms with Crippen LogP contribution >= 0.6 is 0 Å². The molecule has 2 heterocycles. The van der Waals surface area contributed by atoms with Crippen molar-refractivity contribution >= 4 is 40.9 Å². The summed E-state index contributed by atoms with van der Waals surface area (Å²) in [6.07, 6.45) is 5.84. The van der Waals surface area contributed by atoms with Gasteiger partial charge >= 0.3 is 12.0 Å². The molecule has 0 aromatic rings. The smallest absolute Gasteiger partial charge is 0.319 e. The number of rotatable bonds is 2. The minimum Gasteiger partial charge on any atom is -0.466 e. The molecule has 0 aromatic heterocycles. The molecule has 12 nitrogen and oxygen atoms in total. The van der Waals surface area contributed by atoms with E-state index in [1.54, 1.807) is 54.3 Å². The minimum absolute atomic E-state index is 0.130. The molecule has 2 rings (SSSR count). The van der Waals surface area contributed by atoms with E-state index in [-0.39, 0.29) is 17.8 Å². The van der Waals surface area contributed by atoms with Crippen molar-refractivity contribution in [3.05, 3.63) is 0 Å². The van der Waals surface area contributed by atoms with Crippen molar-refractivity contribution < 1.29 is 32.9 Å². The van der Waals surface area contributed by atoms with Gasteiger partial charge in [0.1, 0.15) is 5.78 Å². The van der Waals surface area contributed by atoms with E-state index in [0.29, 0.717) is 12.5 Å². The van der Waals surface area contributed by atoms with Gasteiger partial charge in [-0.1, -0.05) is 0 Å². The fourth-order valence-electron chi connectivity index (χ4n) is 1.77. The lowest BCUT2D eigenvalue weighted by Gasteiger charge is -2.07. The van der Waals surface area contributed by atoms with E-state index in [1.165, 1.54) is 32.6 Å². The standard InChI is InChI=1S/C5H10N2O.C5H9NO.C4H8O2.C3H7NO.C3H6O.C2H3N.C2H6OS/c1-6-3-4-7(2)5(6)8;1-6-4-2-3-5(6)7;1-3-6-4(2)5;1-4(2)3-5;1-3(2)4;1-2-3;1-4(2)3/h3-4H2,1-2H3;2-4H2,1H3;3H2,1-2H3;3H,1-2H3;1-2H3;1H3;1-2H3. The second-order valence-electron chi connectivity index (χ2n) is 7.91. The lowest BCUT2D eigenvalue weighted by molar-refractivity contribution is -0.140. The fourth-order valence-corrected chi connectivity index (χ4v) is 1.77. The van der Waals surface area contributed by atoms with Crippen LogP contribution in [-0.2, 0) is 34.7 Å². The first-order valence-electron chi connectivity index (χ1n) is 11.4. The monoisotopic (exact) mass is 551 g/mol. The van der Waals surface area contributed by atoms with Gasteiger partial charge in [0.2, 0.25) is 12.3 Å². The van der Waals surface area contributed by atoms with Crippen molar-refractivity contribution in [1.29, 1.82) is 5.26 Å². The Morgan fingerprint density at radius 2 is 1.35 bits per heavy atom. The number of hydrogen-bond donors (Lipinski definition) is 0. The molecule has 2 fully saturated rings. The Morgan fingerprint density at radius 1 is 1.03 bits per heavy atom. The molecular weight excluding hydrogens is 502 g/mol. The zero-order valence-corrected chi connectivity index (χ0v) is 25.6. The molecule has 0 spiro atoms. The molecule has 0 saturated carbocycles. The van der Waals surface area contributed by atoms with E-state index in [9.17, 15) is 28.2 Å². The number of amides is 4. The maximum atomic E-state index is 10.8. The Kier molecular flexibility index (Phi) is 36.9. The molecule has 0 bridgehead atoms. The Balaban J connectivity index is -0.000000111. The number of ether oxygens (including phenoxy) is 1. The zero-order chi connectivity index (χ0) is 30.6. The molecule has 13 heteroatoms. The van der Waals surface area contributed by atoms with Gasteiger partial charge in [-0.25, -0.2) is 4.79 Å². The molecular formula is C24H49N5O7S. The topological polar surface area (TPSA) is 148 Å². The molecule has 2 aliphatic heterocycles. The number of nitriles is 1. The summed E-state index contributed by atoms with van der Waals surface area (Å²) in [6.45, 7) is 10.8. The number of likely N-dealkylation sites (tertiary alicyclic amines) is 1. The number of ketones is 1. The van der Waals surface area contributed by atoms with Gasteiger partial charge in [-0.05, 0) is 27.2 Å². The molecule has 0 atom stereocenters. The van der Waals surface area contributed by atoms with Crippen molar-refractivity contribution in [3.63, 3.8) is 0 Å². The second-order valence-corrected chi connectivity index (χ2v) is 9.39. The van der Waals surface area contributed by atoms with Crippen LogP contribution < -0.4 is 0 Å². The van der Waals surface area contributed by atoms with Gasteiger partial charge in [0, 0.05) is 98.5 Å². The first-order chi connectivity index (χ1) is 16.9. The van der Waals surface area contributed by atoms with Crippen LogP contribution in [0.25, 0.3) is 0 Å². The maximum absolute atomic E-state index is 10.8. The Bertz CT molecular complexity index is 665. The van der Waals surface area contributed by atoms with E-state index >= 15 is 0 Å². The summed E-state index contributed by atoms with van der Waals surface area (Å²) in [5, 5.41) is 7.32. The SMILES string of the molecule is CC#N.CC(C)=O.CCOC(C)=O.CN(C)C=O.CN1CCCC1=O.CN1CCN(C)C1=O.CS(C)=O. The van der Waals surface area contributed by atoms with Crippen molar-refractivity contribution in [2.75, 3.05) is 74.0 Å². The quantitative estimate of drug-likeness (QED) is 0.371. The largest absolute Gasteiger partial charge is 0.466 e. The number of carbonyl (C=O) groups is 5. The molecule has 4 amide bonds. The average molecular weight is 552 g/mol. The molecule has 37 heavy (non-hydrogen) atoms. The summed E-state index contributed by atoms with van der Waals surface area (Å²) in [4.78, 5) is 56.6. The van der Waals surface area contributed by atoms with Crippen LogP contribution in [0.1, 0.15) is 47.5 Å². The number of nitrogens with zero attached hydrogens (tertiary/aromatic N) is 5. The molecule has 2 saturated heterocycles. The van der Waals surface area contributed by atoms with Crippen LogP contribution in [0.2, 0.25) is 0 Å². The first-order valence-corrected chi connectivity index (χ1v) is 13.4. The molecule has 0 radical (unpaired) electrons. The minimum atomic E-state index is -0.611. The fraction of sp³-hybridized carbons (Fsp3) is 0.750. The van der Waals surface area contributed by atoms with Gasteiger partial charge in [0.05, 0.1) is 12.7 Å². The van der Waals surface area contributed by atoms with E-state index in [0.717, 1.165) is 38.9 Å². The lowest BCUT2D eigenvalue weighted by Crippen LogP contribution is -2.25. The van der Waals surface area contributed by atoms with Crippen LogP contribution in [0, 0.1) is 11.3 Å². The summed E-state index contributed by atoms with van der Waals surface area (Å²) in [5.74, 6) is 0.248. The van der Waals surface area contributed by atoms with Crippen molar-refractivity contribution in [2.24, 2.45) is 0 Å². The highest BCUT2D eigenvalue weighted by Crippen LogP contribution is 2.04. The van der Waals surface area contributed by atoms with Crippen molar-refractivity contribution in [1.82, 2.24) is 19.6 Å². The van der Waals surface area contributed by atoms with Crippen molar-refractivity contribution in [3.8, 4) is 6.07 Å². The summed E-state index contributed by atoms with van der Waals surface area (Å²) in [7, 11) is 8.23. The third-order valence-electron chi connectivity index (χ3n) is 3.29. The highest BCUT2D eigenvalue weighted by Gasteiger charge is 2.20. The number of hydrogen-bond acceptors (Lipinski definition) is 8. The summed E-state index contributed by atoms with van der Waals surface area (Å²) >= 11 is 0. The summed E-state index contributed by atoms with van der Waals surface area (Å²) < 4.78 is 14.0. The van der Waals surface area contributed by atoms with Gasteiger partial charge in [-0.2, -0.15) is 5.26 Å². The molecule has 0 aliphatic carbocycles. The lowest BCUT2D eigenvalue weighted by atomic mass is 10.4. The number of esters is 1. The predicted molar refractivity (Wildman–Crippen MR) is 147 cm³/mol. The maximum Gasteiger partial charge on any atom is 0.319 e. The van der Waals surface area contributed by atoms with Gasteiger partial charge in [0.25, 0.3) is 0 Å². The van der Waals surface area contributed by atoms with Gasteiger partial charge in [-0.3, -0.25) is 18.6 Å². The number of carbonyl (C=O) groups excluding carboxylic acids is 5. The van der Waals surface area contributed by atoms with E-state index in [2.05, 4.69) is 4.74 Å². The van der Waals surface area contributed by atoms with E-state index < -0.39 is 10.8 Å². The van der Waals surface area contributed by atoms with Crippen LogP contribution in [0.4, 0.5) is 4.79 Å². The molecule has 2 aliphatic rings. The Hall–Kier alpha value is -3.01. The zero-order valence-electron chi connectivity index (χ0n) is 24.8. The number of urea groups is 1. The van der Waals surface area contributed by atoms with Crippen molar-refractivity contribution in [2.45, 2.75) is 47.5 Å². The normalized spacial score (nSPS) is 12.5. The average Bonchev–Trinajstić information content (AvgIpc) is 3.27. The van der Waals surface area contributed by atoms with Crippen LogP contribution in [0.3, 0.4) is 0 Å². The molecule has 0 unspecified atom stereocenters. The van der Waals surface area contributed by atoms with Gasteiger partial charge in [-0.15, -0.1) is 0 Å². The molecule has 218 valence electrons. The van der Waals surface area contributed by atoms with Crippen LogP contribution in [0.5, 0.6) is 0 Å². The number of likely N-dealkylation sites (N-methyl/N-ethyl adjacent to an activating group) is 2. The summed E-state index contributed by atoms with van der Waals surface area (Å²) in [5.41, 5.74) is 0. The van der Waals surface area contributed by atoms with E-state index in [1.807, 2.05) is 21.1 Å². The number of Topliss-reactive ketones (excluding diaryl/α,β-unsaturated/α-hetero) is 1. The Labute approximate surface area is 226 Å². The highest BCUT2D eigenvalue weighted by atomic mass is 32.2. The van der Waals surface area contributed by atoms with Gasteiger partial charge < -0.3 is 29.1 Å². The molecule has 0 N–H and O–H groups in total.